The second kappa shape index (κ2) is 4.40. The minimum absolute atomic E-state index is 0.486. The molecule has 1 N–H and O–H groups in total. The van der Waals surface area contributed by atoms with Gasteiger partial charge in [0.05, 0.1) is 5.37 Å². The lowest BCUT2D eigenvalue weighted by molar-refractivity contribution is 0.608. The lowest BCUT2D eigenvalue weighted by Crippen LogP contribution is -2.28. The van der Waals surface area contributed by atoms with Crippen molar-refractivity contribution in [2.75, 3.05) is 6.54 Å². The van der Waals surface area contributed by atoms with Crippen molar-refractivity contribution < 1.29 is 0 Å². The van der Waals surface area contributed by atoms with Gasteiger partial charge in [-0.25, -0.2) is 0 Å². The zero-order valence-electron chi connectivity index (χ0n) is 9.27. The van der Waals surface area contributed by atoms with Gasteiger partial charge in [0.1, 0.15) is 0 Å². The van der Waals surface area contributed by atoms with Gasteiger partial charge < -0.3 is 5.32 Å². The van der Waals surface area contributed by atoms with E-state index in [2.05, 4.69) is 53.6 Å². The molecule has 16 heavy (non-hydrogen) atoms. The van der Waals surface area contributed by atoms with Crippen molar-refractivity contribution in [1.29, 1.82) is 0 Å². The number of thioether (sulfide) groups is 1. The first-order valence-electron chi connectivity index (χ1n) is 5.69. The second-order valence-corrected chi connectivity index (χ2v) is 6.72. The molecule has 1 aliphatic rings. The zero-order chi connectivity index (χ0) is 11.0. The standard InChI is InChI=1S/C13H15NS2/c1-9-6-7-14-13(16-9)11-8-15-12-5-3-2-4-10(11)12/h2-5,8-9,13-14H,6-7H2,1H3. The van der Waals surface area contributed by atoms with E-state index in [1.54, 1.807) is 0 Å². The highest BCUT2D eigenvalue weighted by molar-refractivity contribution is 8.00. The first-order chi connectivity index (χ1) is 7.84. The summed E-state index contributed by atoms with van der Waals surface area (Å²) in [5.74, 6) is 0. The van der Waals surface area contributed by atoms with E-state index < -0.39 is 0 Å². The van der Waals surface area contributed by atoms with Crippen LogP contribution < -0.4 is 5.32 Å². The van der Waals surface area contributed by atoms with Crippen LogP contribution in [0.25, 0.3) is 10.1 Å². The van der Waals surface area contributed by atoms with Crippen molar-refractivity contribution in [3.8, 4) is 0 Å². The van der Waals surface area contributed by atoms with Crippen LogP contribution in [0.15, 0.2) is 29.6 Å². The maximum atomic E-state index is 3.61. The number of benzene rings is 1. The number of hydrogen-bond acceptors (Lipinski definition) is 3. The Balaban J connectivity index is 1.99. The maximum Gasteiger partial charge on any atom is 0.0806 e. The molecular formula is C13H15NS2. The molecular weight excluding hydrogens is 234 g/mol. The first kappa shape index (κ1) is 10.6. The Morgan fingerprint density at radius 2 is 2.19 bits per heavy atom. The predicted octanol–water partition coefficient (Wildman–Crippen LogP) is 4.01. The Hall–Kier alpha value is -0.510. The summed E-state index contributed by atoms with van der Waals surface area (Å²) in [5, 5.41) is 8.60. The Morgan fingerprint density at radius 3 is 3.06 bits per heavy atom. The van der Waals surface area contributed by atoms with E-state index in [4.69, 9.17) is 0 Å². The fraction of sp³-hybridized carbons (Fsp3) is 0.385. The van der Waals surface area contributed by atoms with E-state index >= 15 is 0 Å². The van der Waals surface area contributed by atoms with Crippen LogP contribution >= 0.6 is 23.1 Å². The molecule has 1 aromatic carbocycles. The van der Waals surface area contributed by atoms with Crippen LogP contribution in [-0.2, 0) is 0 Å². The minimum atomic E-state index is 0.486. The fourth-order valence-electron chi connectivity index (χ4n) is 2.15. The van der Waals surface area contributed by atoms with Gasteiger partial charge in [-0.2, -0.15) is 0 Å². The molecule has 84 valence electrons. The lowest BCUT2D eigenvalue weighted by Gasteiger charge is -2.27. The molecule has 2 unspecified atom stereocenters. The molecule has 2 atom stereocenters. The van der Waals surface area contributed by atoms with Gasteiger partial charge in [-0.15, -0.1) is 23.1 Å². The largest absolute Gasteiger partial charge is 0.302 e. The minimum Gasteiger partial charge on any atom is -0.302 e. The maximum absolute atomic E-state index is 3.61. The summed E-state index contributed by atoms with van der Waals surface area (Å²) in [6, 6.07) is 8.70. The van der Waals surface area contributed by atoms with Gasteiger partial charge in [0.2, 0.25) is 0 Å². The number of hydrogen-bond donors (Lipinski definition) is 1. The highest BCUT2D eigenvalue weighted by Gasteiger charge is 2.22. The molecule has 1 nitrogen and oxygen atoms in total. The number of rotatable bonds is 1. The van der Waals surface area contributed by atoms with E-state index in [1.807, 2.05) is 11.3 Å². The molecule has 3 rings (SSSR count). The Bertz CT molecular complexity index is 491. The molecule has 0 saturated carbocycles. The molecule has 1 aromatic heterocycles. The van der Waals surface area contributed by atoms with E-state index in [0.717, 1.165) is 11.8 Å². The molecule has 0 spiro atoms. The first-order valence-corrected chi connectivity index (χ1v) is 7.52. The quantitative estimate of drug-likeness (QED) is 0.819. The monoisotopic (exact) mass is 249 g/mol. The third-order valence-corrected chi connectivity index (χ3v) is 5.42. The summed E-state index contributed by atoms with van der Waals surface area (Å²) >= 11 is 3.91. The summed E-state index contributed by atoms with van der Waals surface area (Å²) in [6.45, 7) is 3.47. The summed E-state index contributed by atoms with van der Waals surface area (Å²) in [7, 11) is 0. The third-order valence-electron chi connectivity index (χ3n) is 3.04. The van der Waals surface area contributed by atoms with E-state index in [0.29, 0.717) is 5.37 Å². The van der Waals surface area contributed by atoms with Crippen LogP contribution in [0.4, 0.5) is 0 Å². The van der Waals surface area contributed by atoms with Crippen LogP contribution in [-0.4, -0.2) is 11.8 Å². The van der Waals surface area contributed by atoms with Crippen molar-refractivity contribution in [3.63, 3.8) is 0 Å². The molecule has 0 aliphatic carbocycles. The molecule has 0 amide bonds. The lowest BCUT2D eigenvalue weighted by atomic mass is 10.1. The van der Waals surface area contributed by atoms with Gasteiger partial charge in [-0.1, -0.05) is 25.1 Å². The Morgan fingerprint density at radius 1 is 1.31 bits per heavy atom. The molecule has 1 fully saturated rings. The van der Waals surface area contributed by atoms with Crippen molar-refractivity contribution in [3.05, 3.63) is 35.2 Å². The van der Waals surface area contributed by atoms with Gasteiger partial charge in [0.15, 0.2) is 0 Å². The highest BCUT2D eigenvalue weighted by atomic mass is 32.2. The van der Waals surface area contributed by atoms with Gasteiger partial charge in [-0.05, 0) is 35.4 Å². The van der Waals surface area contributed by atoms with Crippen LogP contribution in [0.5, 0.6) is 0 Å². The smallest absolute Gasteiger partial charge is 0.0806 e. The van der Waals surface area contributed by atoms with E-state index in [-0.39, 0.29) is 0 Å². The average molecular weight is 249 g/mol. The third kappa shape index (κ3) is 1.88. The molecule has 1 saturated heterocycles. The van der Waals surface area contributed by atoms with Crippen molar-refractivity contribution in [2.45, 2.75) is 24.0 Å². The van der Waals surface area contributed by atoms with Crippen LogP contribution in [0, 0.1) is 0 Å². The van der Waals surface area contributed by atoms with Gasteiger partial charge in [0.25, 0.3) is 0 Å². The van der Waals surface area contributed by atoms with Gasteiger partial charge in [-0.3, -0.25) is 0 Å². The molecule has 0 radical (unpaired) electrons. The van der Waals surface area contributed by atoms with Crippen molar-refractivity contribution >= 4 is 33.2 Å². The molecule has 2 aromatic rings. The van der Waals surface area contributed by atoms with Crippen molar-refractivity contribution in [2.24, 2.45) is 0 Å². The Labute approximate surface area is 104 Å². The fourth-order valence-corrected chi connectivity index (χ4v) is 4.50. The van der Waals surface area contributed by atoms with Gasteiger partial charge in [0, 0.05) is 9.95 Å². The van der Waals surface area contributed by atoms with Crippen molar-refractivity contribution in [1.82, 2.24) is 5.32 Å². The van der Waals surface area contributed by atoms with Crippen LogP contribution in [0.3, 0.4) is 0 Å². The Kier molecular flexibility index (Phi) is 2.92. The molecule has 1 aliphatic heterocycles. The molecule has 0 bridgehead atoms. The number of nitrogens with one attached hydrogen (secondary N) is 1. The zero-order valence-corrected chi connectivity index (χ0v) is 10.9. The summed E-state index contributed by atoms with van der Waals surface area (Å²) in [6.07, 6.45) is 1.28. The van der Waals surface area contributed by atoms with Gasteiger partial charge >= 0.3 is 0 Å². The number of thiophene rings is 1. The topological polar surface area (TPSA) is 12.0 Å². The summed E-state index contributed by atoms with van der Waals surface area (Å²) in [4.78, 5) is 0. The summed E-state index contributed by atoms with van der Waals surface area (Å²) in [5.41, 5.74) is 1.47. The number of fused-ring (bicyclic) bond motifs is 1. The average Bonchev–Trinajstić information content (AvgIpc) is 2.72. The normalized spacial score (nSPS) is 26.1. The SMILES string of the molecule is CC1CCNC(c2csc3ccccc23)S1. The van der Waals surface area contributed by atoms with E-state index in [9.17, 15) is 0 Å². The molecule has 3 heteroatoms. The predicted molar refractivity (Wildman–Crippen MR) is 74.2 cm³/mol. The van der Waals surface area contributed by atoms with E-state index in [1.165, 1.54) is 22.1 Å². The highest BCUT2D eigenvalue weighted by Crippen LogP contribution is 2.39. The second-order valence-electron chi connectivity index (χ2n) is 4.26. The summed E-state index contributed by atoms with van der Waals surface area (Å²) < 4.78 is 1.40. The van der Waals surface area contributed by atoms with Crippen LogP contribution in [0.1, 0.15) is 24.3 Å². The van der Waals surface area contributed by atoms with Crippen LogP contribution in [0.2, 0.25) is 0 Å². The molecule has 2 heterocycles.